The Morgan fingerprint density at radius 3 is 2.84 bits per heavy atom. The van der Waals surface area contributed by atoms with E-state index < -0.39 is 12.0 Å². The number of carboxylic acid groups (broad SMARTS) is 1. The summed E-state index contributed by atoms with van der Waals surface area (Å²) in [4.78, 5) is 22.8. The summed E-state index contributed by atoms with van der Waals surface area (Å²) in [6, 6.07) is -0.841. The predicted molar refractivity (Wildman–Crippen MR) is 68.9 cm³/mol. The topological polar surface area (TPSA) is 84.9 Å². The van der Waals surface area contributed by atoms with Gasteiger partial charge in [-0.25, -0.2) is 4.79 Å². The van der Waals surface area contributed by atoms with Crippen molar-refractivity contribution in [3.8, 4) is 0 Å². The smallest absolute Gasteiger partial charge is 0.326 e. The highest BCUT2D eigenvalue weighted by Crippen LogP contribution is 2.15. The monoisotopic (exact) mass is 273 g/mol. The molecule has 1 aliphatic rings. The Morgan fingerprint density at radius 2 is 2.26 bits per heavy atom. The highest BCUT2D eigenvalue weighted by Gasteiger charge is 2.22. The van der Waals surface area contributed by atoms with Gasteiger partial charge in [0.25, 0.3) is 0 Å². The number of amides is 1. The van der Waals surface area contributed by atoms with Gasteiger partial charge in [-0.2, -0.15) is 0 Å². The minimum Gasteiger partial charge on any atom is -0.480 e. The van der Waals surface area contributed by atoms with Crippen LogP contribution in [0, 0.1) is 0 Å². The number of hydrogen-bond donors (Lipinski definition) is 2. The molecule has 2 N–H and O–H groups in total. The molecule has 1 aliphatic heterocycles. The molecular weight excluding hydrogens is 250 g/mol. The second-order valence-corrected chi connectivity index (χ2v) is 4.79. The van der Waals surface area contributed by atoms with Crippen LogP contribution in [0.15, 0.2) is 0 Å². The Labute approximate surface area is 113 Å². The van der Waals surface area contributed by atoms with Gasteiger partial charge in [0.05, 0.1) is 12.5 Å². The lowest BCUT2D eigenvalue weighted by atomic mass is 10.1. The van der Waals surface area contributed by atoms with Crippen molar-refractivity contribution in [3.05, 3.63) is 0 Å². The lowest BCUT2D eigenvalue weighted by molar-refractivity contribution is -0.142. The van der Waals surface area contributed by atoms with Crippen LogP contribution in [0.5, 0.6) is 0 Å². The van der Waals surface area contributed by atoms with Crippen LogP contribution in [-0.2, 0) is 19.1 Å². The van der Waals surface area contributed by atoms with Crippen LogP contribution >= 0.6 is 0 Å². The van der Waals surface area contributed by atoms with Gasteiger partial charge in [0, 0.05) is 20.3 Å². The van der Waals surface area contributed by atoms with Crippen molar-refractivity contribution >= 4 is 11.9 Å². The number of ether oxygens (including phenoxy) is 2. The molecule has 0 aromatic carbocycles. The van der Waals surface area contributed by atoms with Crippen LogP contribution in [0.3, 0.4) is 0 Å². The Bertz CT molecular complexity index is 289. The van der Waals surface area contributed by atoms with E-state index in [9.17, 15) is 9.59 Å². The largest absolute Gasteiger partial charge is 0.480 e. The predicted octanol–water partition coefficient (Wildman–Crippen LogP) is 0.942. The third-order valence-corrected chi connectivity index (χ3v) is 3.16. The van der Waals surface area contributed by atoms with E-state index in [0.717, 1.165) is 19.3 Å². The van der Waals surface area contributed by atoms with Gasteiger partial charge >= 0.3 is 5.97 Å². The average Bonchev–Trinajstić information content (AvgIpc) is 2.38. The summed E-state index contributed by atoms with van der Waals surface area (Å²) in [5.74, 6) is -1.26. The molecule has 0 aliphatic carbocycles. The number of carboxylic acids is 1. The zero-order valence-electron chi connectivity index (χ0n) is 11.4. The van der Waals surface area contributed by atoms with Crippen molar-refractivity contribution in [2.24, 2.45) is 0 Å². The van der Waals surface area contributed by atoms with Crippen LogP contribution in [0.25, 0.3) is 0 Å². The number of rotatable bonds is 8. The van der Waals surface area contributed by atoms with E-state index in [1.807, 2.05) is 0 Å². The molecule has 1 heterocycles. The summed E-state index contributed by atoms with van der Waals surface area (Å²) < 4.78 is 10.3. The lowest BCUT2D eigenvalue weighted by Gasteiger charge is -2.23. The van der Waals surface area contributed by atoms with Gasteiger partial charge in [-0.05, 0) is 32.1 Å². The van der Waals surface area contributed by atoms with Crippen molar-refractivity contribution < 1.29 is 24.2 Å². The second-order valence-electron chi connectivity index (χ2n) is 4.79. The Hall–Kier alpha value is -1.14. The van der Waals surface area contributed by atoms with E-state index >= 15 is 0 Å². The minimum absolute atomic E-state index is 0.0674. The number of methoxy groups -OCH3 is 1. The molecule has 2 unspecified atom stereocenters. The van der Waals surface area contributed by atoms with E-state index in [2.05, 4.69) is 5.32 Å². The van der Waals surface area contributed by atoms with Gasteiger partial charge in [-0.15, -0.1) is 0 Å². The summed E-state index contributed by atoms with van der Waals surface area (Å²) in [6.45, 7) is 1.18. The summed E-state index contributed by atoms with van der Waals surface area (Å²) in [6.07, 6.45) is 4.13. The molecule has 0 spiro atoms. The third-order valence-electron chi connectivity index (χ3n) is 3.16. The molecule has 1 saturated heterocycles. The van der Waals surface area contributed by atoms with Crippen molar-refractivity contribution in [2.75, 3.05) is 20.3 Å². The molecule has 19 heavy (non-hydrogen) atoms. The van der Waals surface area contributed by atoms with Crippen LogP contribution in [0.1, 0.15) is 38.5 Å². The molecule has 0 aromatic rings. The number of hydrogen-bond acceptors (Lipinski definition) is 4. The van der Waals surface area contributed by atoms with Gasteiger partial charge in [-0.1, -0.05) is 0 Å². The first-order valence-corrected chi connectivity index (χ1v) is 6.76. The number of nitrogens with one attached hydrogen (secondary N) is 1. The first kappa shape index (κ1) is 15.9. The molecule has 2 atom stereocenters. The van der Waals surface area contributed by atoms with Gasteiger partial charge < -0.3 is 19.9 Å². The van der Waals surface area contributed by atoms with Crippen LogP contribution in [0.4, 0.5) is 0 Å². The normalized spacial score (nSPS) is 20.8. The quantitative estimate of drug-likeness (QED) is 0.643. The van der Waals surface area contributed by atoms with Crippen LogP contribution < -0.4 is 5.32 Å². The molecule has 1 amide bonds. The first-order valence-electron chi connectivity index (χ1n) is 6.76. The molecule has 6 heteroatoms. The maximum absolute atomic E-state index is 11.8. The fourth-order valence-electron chi connectivity index (χ4n) is 2.12. The van der Waals surface area contributed by atoms with Crippen molar-refractivity contribution in [3.63, 3.8) is 0 Å². The van der Waals surface area contributed by atoms with E-state index in [-0.39, 0.29) is 18.4 Å². The van der Waals surface area contributed by atoms with Gasteiger partial charge in [0.1, 0.15) is 6.04 Å². The average molecular weight is 273 g/mol. The molecule has 1 rings (SSSR count). The highest BCUT2D eigenvalue weighted by atomic mass is 16.5. The molecule has 0 bridgehead atoms. The maximum Gasteiger partial charge on any atom is 0.326 e. The van der Waals surface area contributed by atoms with Crippen molar-refractivity contribution in [1.29, 1.82) is 0 Å². The zero-order chi connectivity index (χ0) is 14.1. The SMILES string of the molecule is COCCCC(NC(=O)CC1CCCCO1)C(=O)O. The van der Waals surface area contributed by atoms with E-state index in [1.54, 1.807) is 7.11 Å². The number of aliphatic carboxylic acids is 1. The molecular formula is C13H23NO5. The summed E-state index contributed by atoms with van der Waals surface area (Å²) in [7, 11) is 1.56. The molecule has 6 nitrogen and oxygen atoms in total. The Morgan fingerprint density at radius 1 is 1.47 bits per heavy atom. The summed E-state index contributed by atoms with van der Waals surface area (Å²) in [5, 5.41) is 11.6. The number of carbonyl (C=O) groups excluding carboxylic acids is 1. The van der Waals surface area contributed by atoms with Gasteiger partial charge in [0.15, 0.2) is 0 Å². The molecule has 110 valence electrons. The van der Waals surface area contributed by atoms with Crippen molar-refractivity contribution in [1.82, 2.24) is 5.32 Å². The number of carbonyl (C=O) groups is 2. The molecule has 0 saturated carbocycles. The minimum atomic E-state index is -1.01. The highest BCUT2D eigenvalue weighted by molar-refractivity contribution is 5.83. The van der Waals surface area contributed by atoms with Crippen LogP contribution in [-0.4, -0.2) is 49.5 Å². The van der Waals surface area contributed by atoms with Gasteiger partial charge in [0.2, 0.25) is 5.91 Å². The molecule has 1 fully saturated rings. The fourth-order valence-corrected chi connectivity index (χ4v) is 2.12. The second kappa shape index (κ2) is 8.87. The molecule has 0 aromatic heterocycles. The van der Waals surface area contributed by atoms with Gasteiger partial charge in [-0.3, -0.25) is 4.79 Å². The van der Waals surface area contributed by atoms with E-state index in [1.165, 1.54) is 0 Å². The first-order chi connectivity index (χ1) is 9.13. The lowest BCUT2D eigenvalue weighted by Crippen LogP contribution is -2.42. The zero-order valence-corrected chi connectivity index (χ0v) is 11.4. The van der Waals surface area contributed by atoms with Crippen LogP contribution in [0.2, 0.25) is 0 Å². The van der Waals surface area contributed by atoms with E-state index in [0.29, 0.717) is 26.1 Å². The van der Waals surface area contributed by atoms with Crippen molar-refractivity contribution in [2.45, 2.75) is 50.7 Å². The summed E-state index contributed by atoms with van der Waals surface area (Å²) >= 11 is 0. The standard InChI is InChI=1S/C13H23NO5/c1-18-7-4-6-11(13(16)17)14-12(15)9-10-5-2-3-8-19-10/h10-11H,2-9H2,1H3,(H,14,15)(H,16,17). The summed E-state index contributed by atoms with van der Waals surface area (Å²) in [5.41, 5.74) is 0. The van der Waals surface area contributed by atoms with E-state index in [4.69, 9.17) is 14.6 Å². The fraction of sp³-hybridized carbons (Fsp3) is 0.846. The Balaban J connectivity index is 2.31. The Kier molecular flexibility index (Phi) is 7.43. The molecule has 0 radical (unpaired) electrons. The maximum atomic E-state index is 11.8. The third kappa shape index (κ3) is 6.54.